The number of hydrogen-bond donors (Lipinski definition) is 1. The molecule has 6 rings (SSSR count). The molecule has 4 heterocycles. The van der Waals surface area contributed by atoms with E-state index >= 15 is 0 Å². The molecule has 204 valence electrons. The minimum Gasteiger partial charge on any atom is -0.462 e. The average Bonchev–Trinajstić information content (AvgIpc) is 3.30. The van der Waals surface area contributed by atoms with Crippen molar-refractivity contribution >= 4 is 28.2 Å². The molecule has 2 aromatic carbocycles. The van der Waals surface area contributed by atoms with Gasteiger partial charge in [0.15, 0.2) is 0 Å². The number of amides is 1. The fraction of sp³-hybridized carbons (Fsp3) is 0.433. The lowest BCUT2D eigenvalue weighted by Gasteiger charge is -2.38. The fourth-order valence-electron chi connectivity index (χ4n) is 6.09. The molecule has 3 aliphatic rings. The number of piperazine rings is 1. The molecule has 1 N–H and O–H groups in total. The average molecular weight is 529 g/mol. The second kappa shape index (κ2) is 10.8. The van der Waals surface area contributed by atoms with Crippen LogP contribution in [0.1, 0.15) is 17.7 Å². The van der Waals surface area contributed by atoms with Crippen LogP contribution < -0.4 is 14.5 Å². The van der Waals surface area contributed by atoms with Crippen molar-refractivity contribution in [3.05, 3.63) is 66.4 Å². The van der Waals surface area contributed by atoms with Crippen LogP contribution in [-0.4, -0.2) is 95.9 Å². The van der Waals surface area contributed by atoms with Gasteiger partial charge in [-0.1, -0.05) is 43.0 Å². The van der Waals surface area contributed by atoms with Crippen LogP contribution in [0.4, 0.5) is 11.5 Å². The summed E-state index contributed by atoms with van der Waals surface area (Å²) >= 11 is 0. The molecular formula is C30H36N6O3. The van der Waals surface area contributed by atoms with E-state index in [2.05, 4.69) is 63.7 Å². The molecule has 3 aromatic rings. The van der Waals surface area contributed by atoms with Gasteiger partial charge in [0.2, 0.25) is 5.91 Å². The maximum absolute atomic E-state index is 12.1. The topological polar surface area (TPSA) is 85.3 Å². The van der Waals surface area contributed by atoms with Gasteiger partial charge in [0.25, 0.3) is 0 Å². The van der Waals surface area contributed by atoms with E-state index in [0.717, 1.165) is 30.0 Å². The molecule has 9 nitrogen and oxygen atoms in total. The third-order valence-electron chi connectivity index (χ3n) is 8.27. The lowest BCUT2D eigenvalue weighted by atomic mass is 10.0. The Bertz CT molecular complexity index is 1370. The van der Waals surface area contributed by atoms with Crippen LogP contribution in [0.3, 0.4) is 0 Å². The van der Waals surface area contributed by atoms with Gasteiger partial charge in [-0.25, -0.2) is 0 Å². The summed E-state index contributed by atoms with van der Waals surface area (Å²) in [7, 11) is 2.01. The van der Waals surface area contributed by atoms with Crippen LogP contribution in [0.2, 0.25) is 0 Å². The third kappa shape index (κ3) is 5.16. The summed E-state index contributed by atoms with van der Waals surface area (Å²) in [5.41, 5.74) is 3.36. The van der Waals surface area contributed by atoms with E-state index in [9.17, 15) is 9.90 Å². The van der Waals surface area contributed by atoms with E-state index in [4.69, 9.17) is 14.7 Å². The summed E-state index contributed by atoms with van der Waals surface area (Å²) in [6.07, 6.45) is 2.57. The van der Waals surface area contributed by atoms with Crippen LogP contribution in [0.15, 0.2) is 55.1 Å². The molecule has 2 fully saturated rings. The van der Waals surface area contributed by atoms with Crippen molar-refractivity contribution in [3.8, 4) is 6.01 Å². The van der Waals surface area contributed by atoms with E-state index in [1.165, 1.54) is 22.5 Å². The first kappa shape index (κ1) is 25.6. The zero-order valence-electron chi connectivity index (χ0n) is 22.5. The van der Waals surface area contributed by atoms with Crippen molar-refractivity contribution in [2.24, 2.45) is 0 Å². The number of hydrogen-bond acceptors (Lipinski definition) is 8. The first-order valence-corrected chi connectivity index (χ1v) is 13.8. The van der Waals surface area contributed by atoms with Crippen LogP contribution in [0, 0.1) is 0 Å². The number of nitrogens with zero attached hydrogens (tertiary/aromatic N) is 6. The molecule has 0 unspecified atom stereocenters. The third-order valence-corrected chi connectivity index (χ3v) is 8.27. The number of aliphatic hydroxyl groups excluding tert-OH is 1. The van der Waals surface area contributed by atoms with Gasteiger partial charge in [-0.15, -0.1) is 0 Å². The molecular weight excluding hydrogens is 492 g/mol. The van der Waals surface area contributed by atoms with E-state index in [0.29, 0.717) is 58.3 Å². The molecule has 3 aliphatic heterocycles. The van der Waals surface area contributed by atoms with Crippen LogP contribution in [0.5, 0.6) is 6.01 Å². The Kier molecular flexibility index (Phi) is 7.10. The van der Waals surface area contributed by atoms with E-state index < -0.39 is 0 Å². The lowest BCUT2D eigenvalue weighted by Crippen LogP contribution is -2.49. The quantitative estimate of drug-likeness (QED) is 0.489. The summed E-state index contributed by atoms with van der Waals surface area (Å²) in [5.74, 6) is 0.884. The van der Waals surface area contributed by atoms with Crippen molar-refractivity contribution in [3.63, 3.8) is 0 Å². The Morgan fingerprint density at radius 3 is 2.64 bits per heavy atom. The summed E-state index contributed by atoms with van der Waals surface area (Å²) in [4.78, 5) is 30.6. The van der Waals surface area contributed by atoms with E-state index in [1.807, 2.05) is 11.9 Å². The maximum atomic E-state index is 12.1. The number of carbonyl (C=O) groups excluding carboxylic acids is 1. The molecule has 0 spiro atoms. The minimum absolute atomic E-state index is 0.0306. The zero-order valence-corrected chi connectivity index (χ0v) is 22.5. The van der Waals surface area contributed by atoms with Crippen molar-refractivity contribution in [1.29, 1.82) is 0 Å². The van der Waals surface area contributed by atoms with Gasteiger partial charge in [-0.05, 0) is 37.4 Å². The Hall–Kier alpha value is -3.69. The molecule has 0 radical (unpaired) electrons. The number of fused-ring (bicyclic) bond motifs is 2. The number of rotatable bonds is 6. The number of aromatic nitrogens is 2. The molecule has 2 atom stereocenters. The molecule has 1 amide bonds. The van der Waals surface area contributed by atoms with Crippen molar-refractivity contribution in [1.82, 2.24) is 19.8 Å². The normalized spacial score (nSPS) is 21.7. The fourth-order valence-corrected chi connectivity index (χ4v) is 6.09. The second-order valence-corrected chi connectivity index (χ2v) is 10.7. The van der Waals surface area contributed by atoms with Crippen molar-refractivity contribution < 1.29 is 14.6 Å². The van der Waals surface area contributed by atoms with Crippen LogP contribution in [0.25, 0.3) is 10.8 Å². The molecule has 9 heteroatoms. The largest absolute Gasteiger partial charge is 0.462 e. The van der Waals surface area contributed by atoms with E-state index in [-0.39, 0.29) is 18.1 Å². The summed E-state index contributed by atoms with van der Waals surface area (Å²) in [5, 5.41) is 12.5. The lowest BCUT2D eigenvalue weighted by molar-refractivity contribution is -0.126. The number of benzene rings is 2. The number of carbonyl (C=O) groups is 1. The molecule has 0 saturated carbocycles. The second-order valence-electron chi connectivity index (χ2n) is 10.7. The number of anilines is 2. The number of aliphatic hydroxyl groups is 1. The molecule has 0 aliphatic carbocycles. The standard InChI is InChI=1S/C30H36N6O3/c1-3-28(38)34-13-15-35(16-14-34)29-25-11-12-36(27-10-6-8-21-7-4-5-9-24(21)27)19-26(25)31-30(32-29)39-20-22-17-23(37)18-33(22)2/h3-10,22-23,37H,1,11-20H2,2H3/t22-,23+/m0/s1. The minimum atomic E-state index is -0.326. The van der Waals surface area contributed by atoms with Gasteiger partial charge >= 0.3 is 6.01 Å². The van der Waals surface area contributed by atoms with Gasteiger partial charge in [0.1, 0.15) is 12.4 Å². The highest BCUT2D eigenvalue weighted by atomic mass is 16.5. The number of ether oxygens (including phenoxy) is 1. The number of likely N-dealkylation sites (N-methyl/N-ethyl adjacent to an activating group) is 1. The van der Waals surface area contributed by atoms with Gasteiger partial charge < -0.3 is 24.5 Å². The molecule has 0 bridgehead atoms. The first-order valence-electron chi connectivity index (χ1n) is 13.8. The van der Waals surface area contributed by atoms with Crippen LogP contribution in [-0.2, 0) is 17.8 Å². The maximum Gasteiger partial charge on any atom is 0.318 e. The monoisotopic (exact) mass is 528 g/mol. The predicted octanol–water partition coefficient (Wildman–Crippen LogP) is 2.47. The highest BCUT2D eigenvalue weighted by Gasteiger charge is 2.31. The summed E-state index contributed by atoms with van der Waals surface area (Å²) in [6.45, 7) is 8.92. The highest BCUT2D eigenvalue weighted by Crippen LogP contribution is 2.34. The Balaban J connectivity index is 1.29. The van der Waals surface area contributed by atoms with Crippen molar-refractivity contribution in [2.75, 3.05) is 62.7 Å². The smallest absolute Gasteiger partial charge is 0.318 e. The molecule has 39 heavy (non-hydrogen) atoms. The molecule has 2 saturated heterocycles. The van der Waals surface area contributed by atoms with E-state index in [1.54, 1.807) is 0 Å². The zero-order chi connectivity index (χ0) is 26.9. The Morgan fingerprint density at radius 1 is 1.08 bits per heavy atom. The Labute approximate surface area is 229 Å². The van der Waals surface area contributed by atoms with Crippen molar-refractivity contribution in [2.45, 2.75) is 31.5 Å². The van der Waals surface area contributed by atoms with Gasteiger partial charge in [-0.3, -0.25) is 9.69 Å². The number of β-amino-alcohol motifs (C(OH)–C–C–N with tert-alkyl or cyclic N) is 1. The summed E-state index contributed by atoms with van der Waals surface area (Å²) in [6, 6.07) is 15.4. The SMILES string of the molecule is C=CC(=O)N1CCN(c2nc(OC[C@@H]3C[C@@H](O)CN3C)nc3c2CCN(c2cccc4ccccc24)C3)CC1. The van der Waals surface area contributed by atoms with Gasteiger partial charge in [-0.2, -0.15) is 9.97 Å². The number of likely N-dealkylation sites (tertiary alicyclic amines) is 1. The predicted molar refractivity (Wildman–Crippen MR) is 152 cm³/mol. The van der Waals surface area contributed by atoms with Gasteiger partial charge in [0.05, 0.1) is 18.3 Å². The summed E-state index contributed by atoms with van der Waals surface area (Å²) < 4.78 is 6.20. The highest BCUT2D eigenvalue weighted by molar-refractivity contribution is 5.94. The van der Waals surface area contributed by atoms with Gasteiger partial charge in [0, 0.05) is 61.9 Å². The first-order chi connectivity index (χ1) is 19.0. The molecule has 1 aromatic heterocycles. The van der Waals surface area contributed by atoms with Crippen LogP contribution >= 0.6 is 0 Å². The Morgan fingerprint density at radius 2 is 1.87 bits per heavy atom.